The Bertz CT molecular complexity index is 737. The monoisotopic (exact) mass is 340 g/mol. The van der Waals surface area contributed by atoms with Crippen LogP contribution in [0.15, 0.2) is 54.7 Å². The van der Waals surface area contributed by atoms with E-state index in [9.17, 15) is 9.59 Å². The molecule has 2 amide bonds. The van der Waals surface area contributed by atoms with Gasteiger partial charge in [0.25, 0.3) is 0 Å². The number of carbonyl (C=O) groups is 2. The van der Waals surface area contributed by atoms with Crippen molar-refractivity contribution in [3.63, 3.8) is 0 Å². The first-order valence-corrected chi connectivity index (χ1v) is 7.64. The van der Waals surface area contributed by atoms with E-state index in [0.29, 0.717) is 12.1 Å². The first kappa shape index (κ1) is 18.1. The molecular formula is C19H20N2O4. The average Bonchev–Trinajstić information content (AvgIpc) is 2.66. The largest absolute Gasteiger partial charge is 0.497 e. The van der Waals surface area contributed by atoms with Gasteiger partial charge in [0, 0.05) is 12.7 Å². The molecule has 2 aromatic carbocycles. The molecule has 0 bridgehead atoms. The second-order valence-electron chi connectivity index (χ2n) is 5.12. The Hall–Kier alpha value is -3.28. The summed E-state index contributed by atoms with van der Waals surface area (Å²) in [5, 5.41) is 5.36. The molecule has 2 N–H and O–H groups in total. The molecule has 0 spiro atoms. The number of carbonyl (C=O) groups excluding carboxylic acids is 2. The lowest BCUT2D eigenvalue weighted by molar-refractivity contribution is 0.0600. The van der Waals surface area contributed by atoms with Crippen molar-refractivity contribution in [2.24, 2.45) is 0 Å². The number of hydrogen-bond acceptors (Lipinski definition) is 4. The van der Waals surface area contributed by atoms with Crippen LogP contribution in [-0.4, -0.2) is 26.2 Å². The van der Waals surface area contributed by atoms with Crippen LogP contribution in [-0.2, 0) is 11.3 Å². The van der Waals surface area contributed by atoms with Crippen molar-refractivity contribution in [3.05, 3.63) is 71.4 Å². The Morgan fingerprint density at radius 1 is 1.00 bits per heavy atom. The lowest BCUT2D eigenvalue weighted by atomic mass is 10.1. The van der Waals surface area contributed by atoms with Gasteiger partial charge in [-0.1, -0.05) is 24.3 Å². The molecule has 0 saturated heterocycles. The summed E-state index contributed by atoms with van der Waals surface area (Å²) in [6.07, 6.45) is 3.35. The zero-order chi connectivity index (χ0) is 18.1. The van der Waals surface area contributed by atoms with E-state index < -0.39 is 0 Å². The quantitative estimate of drug-likeness (QED) is 0.793. The third-order valence-electron chi connectivity index (χ3n) is 3.43. The summed E-state index contributed by atoms with van der Waals surface area (Å²) in [5.74, 6) is 0.391. The maximum Gasteiger partial charge on any atom is 0.337 e. The van der Waals surface area contributed by atoms with Gasteiger partial charge in [0.1, 0.15) is 5.75 Å². The smallest absolute Gasteiger partial charge is 0.337 e. The SMILES string of the molecule is COC(=O)c1ccc(CNC(=O)N/C=C/c2ccc(OC)cc2)cc1. The normalized spacial score (nSPS) is 10.3. The molecular weight excluding hydrogens is 320 g/mol. The zero-order valence-electron chi connectivity index (χ0n) is 14.1. The summed E-state index contributed by atoms with van der Waals surface area (Å²) >= 11 is 0. The standard InChI is InChI=1S/C19H20N2O4/c1-24-17-9-5-14(6-10-17)11-12-20-19(23)21-13-15-3-7-16(8-4-15)18(22)25-2/h3-12H,13H2,1-2H3,(H2,20,21,23)/b12-11+. The summed E-state index contributed by atoms with van der Waals surface area (Å²) in [7, 11) is 2.95. The topological polar surface area (TPSA) is 76.7 Å². The molecule has 0 heterocycles. The Morgan fingerprint density at radius 2 is 1.68 bits per heavy atom. The first-order valence-electron chi connectivity index (χ1n) is 7.64. The highest BCUT2D eigenvalue weighted by atomic mass is 16.5. The molecule has 0 atom stereocenters. The van der Waals surface area contributed by atoms with E-state index in [4.69, 9.17) is 4.74 Å². The van der Waals surface area contributed by atoms with Crippen LogP contribution in [0, 0.1) is 0 Å². The van der Waals surface area contributed by atoms with Crippen molar-refractivity contribution in [2.75, 3.05) is 14.2 Å². The van der Waals surface area contributed by atoms with Gasteiger partial charge in [0.15, 0.2) is 0 Å². The molecule has 2 rings (SSSR count). The molecule has 0 fully saturated rings. The van der Waals surface area contributed by atoms with Crippen molar-refractivity contribution >= 4 is 18.1 Å². The molecule has 25 heavy (non-hydrogen) atoms. The van der Waals surface area contributed by atoms with Crippen LogP contribution in [0.3, 0.4) is 0 Å². The van der Waals surface area contributed by atoms with E-state index in [1.165, 1.54) is 7.11 Å². The summed E-state index contributed by atoms with van der Waals surface area (Å²) in [4.78, 5) is 23.1. The van der Waals surface area contributed by atoms with Crippen molar-refractivity contribution in [3.8, 4) is 5.75 Å². The lowest BCUT2D eigenvalue weighted by Crippen LogP contribution is -2.31. The molecule has 6 nitrogen and oxygen atoms in total. The van der Waals surface area contributed by atoms with Gasteiger partial charge in [0.2, 0.25) is 0 Å². The molecule has 0 saturated carbocycles. The molecule has 0 aromatic heterocycles. The molecule has 130 valence electrons. The predicted octanol–water partition coefficient (Wildman–Crippen LogP) is 2.95. The number of benzene rings is 2. The van der Waals surface area contributed by atoms with Gasteiger partial charge in [-0.05, 0) is 41.5 Å². The third kappa shape index (κ3) is 5.69. The number of hydrogen-bond donors (Lipinski definition) is 2. The number of ether oxygens (including phenoxy) is 2. The molecule has 6 heteroatoms. The zero-order valence-corrected chi connectivity index (χ0v) is 14.1. The van der Waals surface area contributed by atoms with Crippen molar-refractivity contribution in [1.29, 1.82) is 0 Å². The Balaban J connectivity index is 1.78. The van der Waals surface area contributed by atoms with E-state index in [-0.39, 0.29) is 12.0 Å². The second-order valence-corrected chi connectivity index (χ2v) is 5.12. The van der Waals surface area contributed by atoms with Crippen molar-refractivity contribution in [2.45, 2.75) is 6.54 Å². The van der Waals surface area contributed by atoms with E-state index in [0.717, 1.165) is 16.9 Å². The van der Waals surface area contributed by atoms with Gasteiger partial charge >= 0.3 is 12.0 Å². The maximum absolute atomic E-state index is 11.8. The van der Waals surface area contributed by atoms with Gasteiger partial charge < -0.3 is 20.1 Å². The van der Waals surface area contributed by atoms with E-state index in [1.54, 1.807) is 43.7 Å². The van der Waals surface area contributed by atoms with Crippen molar-refractivity contribution in [1.82, 2.24) is 10.6 Å². The van der Waals surface area contributed by atoms with Gasteiger partial charge in [-0.15, -0.1) is 0 Å². The van der Waals surface area contributed by atoms with Crippen molar-refractivity contribution < 1.29 is 19.1 Å². The Labute approximate surface area is 146 Å². The van der Waals surface area contributed by atoms with Gasteiger partial charge in [-0.2, -0.15) is 0 Å². The highest BCUT2D eigenvalue weighted by molar-refractivity contribution is 5.89. The lowest BCUT2D eigenvalue weighted by Gasteiger charge is -2.06. The minimum absolute atomic E-state index is 0.318. The molecule has 0 unspecified atom stereocenters. The number of nitrogens with one attached hydrogen (secondary N) is 2. The van der Waals surface area contributed by atoms with E-state index in [2.05, 4.69) is 15.4 Å². The number of rotatable bonds is 6. The summed E-state index contributed by atoms with van der Waals surface area (Å²) in [6, 6.07) is 14.0. The minimum atomic E-state index is -0.388. The average molecular weight is 340 g/mol. The van der Waals surface area contributed by atoms with E-state index in [1.807, 2.05) is 24.3 Å². The second kappa shape index (κ2) is 9.12. The summed E-state index contributed by atoms with van der Waals surface area (Å²) < 4.78 is 9.72. The summed E-state index contributed by atoms with van der Waals surface area (Å²) in [6.45, 7) is 0.351. The van der Waals surface area contributed by atoms with Crippen LogP contribution in [0.1, 0.15) is 21.5 Å². The Morgan fingerprint density at radius 3 is 2.28 bits per heavy atom. The third-order valence-corrected chi connectivity index (χ3v) is 3.43. The first-order chi connectivity index (χ1) is 12.1. The molecule has 0 aliphatic rings. The van der Waals surface area contributed by atoms with Crippen LogP contribution in [0.4, 0.5) is 4.79 Å². The fraction of sp³-hybridized carbons (Fsp3) is 0.158. The fourth-order valence-corrected chi connectivity index (χ4v) is 2.04. The number of urea groups is 1. The van der Waals surface area contributed by atoms with Crippen LogP contribution in [0.5, 0.6) is 5.75 Å². The van der Waals surface area contributed by atoms with E-state index >= 15 is 0 Å². The highest BCUT2D eigenvalue weighted by Crippen LogP contribution is 2.11. The molecule has 0 radical (unpaired) electrons. The predicted molar refractivity (Wildman–Crippen MR) is 95.2 cm³/mol. The minimum Gasteiger partial charge on any atom is -0.497 e. The van der Waals surface area contributed by atoms with Crippen LogP contribution in [0.25, 0.3) is 6.08 Å². The number of amides is 2. The van der Waals surface area contributed by atoms with Crippen LogP contribution >= 0.6 is 0 Å². The number of esters is 1. The Kier molecular flexibility index (Phi) is 6.59. The molecule has 0 aliphatic heterocycles. The summed E-state index contributed by atoms with van der Waals surface area (Å²) in [5.41, 5.74) is 2.29. The van der Waals surface area contributed by atoms with Gasteiger partial charge in [-0.25, -0.2) is 9.59 Å². The highest BCUT2D eigenvalue weighted by Gasteiger charge is 2.04. The number of methoxy groups -OCH3 is 2. The van der Waals surface area contributed by atoms with Crippen LogP contribution < -0.4 is 15.4 Å². The van der Waals surface area contributed by atoms with Crippen LogP contribution in [0.2, 0.25) is 0 Å². The van der Waals surface area contributed by atoms with Gasteiger partial charge in [0.05, 0.1) is 19.8 Å². The fourth-order valence-electron chi connectivity index (χ4n) is 2.04. The maximum atomic E-state index is 11.8. The van der Waals surface area contributed by atoms with Gasteiger partial charge in [-0.3, -0.25) is 0 Å². The molecule has 0 aliphatic carbocycles. The molecule has 2 aromatic rings.